The van der Waals surface area contributed by atoms with E-state index in [4.69, 9.17) is 28.9 Å². The zero-order valence-corrected chi connectivity index (χ0v) is 39.3. The molecule has 6 aromatic carbocycles. The van der Waals surface area contributed by atoms with Crippen molar-refractivity contribution in [2.24, 2.45) is 22.9 Å². The Morgan fingerprint density at radius 3 is 2.26 bits per heavy atom. The lowest BCUT2D eigenvalue weighted by Gasteiger charge is -2.59. The largest absolute Gasteiger partial charge is 0.459 e. The van der Waals surface area contributed by atoms with Crippen molar-refractivity contribution in [2.75, 3.05) is 26.9 Å². The lowest BCUT2D eigenvalue weighted by Crippen LogP contribution is -2.70. The van der Waals surface area contributed by atoms with Crippen molar-refractivity contribution < 1.29 is 38.8 Å². The minimum atomic E-state index is -1.46. The zero-order chi connectivity index (χ0) is 47.6. The highest BCUT2D eigenvalue weighted by Crippen LogP contribution is 2.62. The number of allylic oxidation sites excluding steroid dienone is 1. The van der Waals surface area contributed by atoms with Crippen LogP contribution in [0.2, 0.25) is 0 Å². The number of carbonyl (C=O) groups excluding carboxylic acids is 1. The fraction of sp³-hybridized carbons (Fsp3) is 0.322. The van der Waals surface area contributed by atoms with Gasteiger partial charge >= 0.3 is 6.09 Å². The summed E-state index contributed by atoms with van der Waals surface area (Å²) in [6.45, 7) is 4.87. The van der Waals surface area contributed by atoms with Crippen LogP contribution >= 0.6 is 0 Å². The molecule has 0 radical (unpaired) electrons. The number of carbonyl (C=O) groups is 1. The van der Waals surface area contributed by atoms with E-state index in [1.165, 1.54) is 7.11 Å². The highest BCUT2D eigenvalue weighted by molar-refractivity contribution is 6.03. The molecule has 356 valence electrons. The molecular formula is C59H62N2O8. The van der Waals surface area contributed by atoms with E-state index >= 15 is 0 Å². The van der Waals surface area contributed by atoms with Crippen molar-refractivity contribution in [3.63, 3.8) is 0 Å². The molecule has 1 aliphatic heterocycles. The highest BCUT2D eigenvalue weighted by atomic mass is 16.7. The molecule has 0 spiro atoms. The monoisotopic (exact) mass is 926 g/mol. The Morgan fingerprint density at radius 2 is 1.51 bits per heavy atom. The van der Waals surface area contributed by atoms with Crippen LogP contribution < -0.4 is 9.47 Å². The summed E-state index contributed by atoms with van der Waals surface area (Å²) in [5, 5.41) is 27.2. The first-order valence-corrected chi connectivity index (χ1v) is 24.3. The number of hydrogen-bond donors (Lipinski definition) is 2. The molecule has 6 atom stereocenters. The first kappa shape index (κ1) is 47.4. The molecule has 10 nitrogen and oxygen atoms in total. The van der Waals surface area contributed by atoms with Crippen LogP contribution in [0.25, 0.3) is 21.9 Å². The van der Waals surface area contributed by atoms with E-state index in [0.717, 1.165) is 69.8 Å². The number of oxime groups is 1. The third-order valence-electron chi connectivity index (χ3n) is 14.1. The summed E-state index contributed by atoms with van der Waals surface area (Å²) in [5.41, 5.74) is 6.75. The second-order valence-electron chi connectivity index (χ2n) is 18.3. The summed E-state index contributed by atoms with van der Waals surface area (Å²) < 4.78 is 27.1. The molecule has 0 saturated heterocycles. The molecule has 10 heteroatoms. The number of hydrogen-bond acceptors (Lipinski definition) is 9. The molecule has 1 amide bonds. The van der Waals surface area contributed by atoms with Gasteiger partial charge in [-0.1, -0.05) is 145 Å². The van der Waals surface area contributed by atoms with Crippen molar-refractivity contribution in [1.82, 2.24) is 4.90 Å². The SMILES string of the molecule is C=CCO[C@@]12Oc3ccc(Oc4ccc(-c5ccccc5)cc4)cc3[C@H]3[C@H](CCCCO)[C@@H](CCCCO)C=C(C(=NOCc4ccccc4)C[C@@H]1N(Cc1cccc4ccccc14)C(=O)OC)[C@H]32. The number of nitrogens with zero attached hydrogens (tertiary/aromatic N) is 2. The lowest BCUT2D eigenvalue weighted by atomic mass is 9.55. The Bertz CT molecular complexity index is 2740. The molecule has 0 bridgehead atoms. The molecule has 1 heterocycles. The van der Waals surface area contributed by atoms with E-state index in [1.54, 1.807) is 11.0 Å². The van der Waals surface area contributed by atoms with Gasteiger partial charge in [-0.3, -0.25) is 4.90 Å². The van der Waals surface area contributed by atoms with E-state index in [2.05, 4.69) is 61.2 Å². The molecule has 3 aliphatic rings. The zero-order valence-electron chi connectivity index (χ0n) is 39.3. The average Bonchev–Trinajstić information content (AvgIpc) is 3.39. The van der Waals surface area contributed by atoms with E-state index < -0.39 is 23.8 Å². The van der Waals surface area contributed by atoms with Crippen LogP contribution in [0.5, 0.6) is 17.2 Å². The third kappa shape index (κ3) is 10.2. The third-order valence-corrected chi connectivity index (χ3v) is 14.1. The van der Waals surface area contributed by atoms with Crippen LogP contribution in [-0.4, -0.2) is 65.7 Å². The quantitative estimate of drug-likeness (QED) is 0.0441. The Kier molecular flexibility index (Phi) is 15.2. The van der Waals surface area contributed by atoms with E-state index in [1.807, 2.05) is 97.1 Å². The van der Waals surface area contributed by atoms with Gasteiger partial charge in [-0.25, -0.2) is 4.79 Å². The molecule has 1 fully saturated rings. The average molecular weight is 927 g/mol. The van der Waals surface area contributed by atoms with Crippen LogP contribution in [-0.2, 0) is 27.5 Å². The Morgan fingerprint density at radius 1 is 0.812 bits per heavy atom. The number of amides is 1. The van der Waals surface area contributed by atoms with Crippen molar-refractivity contribution >= 4 is 22.6 Å². The summed E-state index contributed by atoms with van der Waals surface area (Å²) >= 11 is 0. The lowest BCUT2D eigenvalue weighted by molar-refractivity contribution is -0.256. The minimum absolute atomic E-state index is 0.0358. The summed E-state index contributed by atoms with van der Waals surface area (Å²) in [6.07, 6.45) is 8.36. The van der Waals surface area contributed by atoms with Crippen LogP contribution in [0.4, 0.5) is 4.79 Å². The molecule has 0 unspecified atom stereocenters. The second-order valence-corrected chi connectivity index (χ2v) is 18.3. The summed E-state index contributed by atoms with van der Waals surface area (Å²) in [5.74, 6) is -0.112. The van der Waals surface area contributed by atoms with E-state index in [-0.39, 0.29) is 57.1 Å². The number of rotatable bonds is 20. The van der Waals surface area contributed by atoms with Crippen LogP contribution in [0.15, 0.2) is 175 Å². The standard InChI is InChI=1S/C59H62N2O8/c1-3-35-66-59-55(61(58(64)65-2)39-46-24-16-23-44-21-10-11-25-49(44)46)38-53(60-67-40-41-17-6-4-7-18-41)51-36-45(22-12-14-33-62)50(26-13-15-34-63)56(57(51)59)52-37-48(31-32-54(52)69-59)68-47-29-27-43(28-30-47)42-19-8-5-9-20-42/h3-11,16-21,23-25,27-32,36-37,45,50,55-57,62-63H,1,12-15,22,26,33-35,38-40H2,2H3/t45-,50+,55-,56+,57+,59+/m0/s1. The number of methoxy groups -OCH3 is 1. The van der Waals surface area contributed by atoms with Gasteiger partial charge in [0.15, 0.2) is 0 Å². The molecular weight excluding hydrogens is 865 g/mol. The topological polar surface area (TPSA) is 119 Å². The van der Waals surface area contributed by atoms with Gasteiger partial charge in [0.05, 0.1) is 31.9 Å². The predicted octanol–water partition coefficient (Wildman–Crippen LogP) is 12.4. The normalized spacial score (nSPS) is 21.9. The van der Waals surface area contributed by atoms with E-state index in [9.17, 15) is 15.0 Å². The highest BCUT2D eigenvalue weighted by Gasteiger charge is 2.65. The first-order chi connectivity index (χ1) is 33.9. The van der Waals surface area contributed by atoms with E-state index in [0.29, 0.717) is 35.8 Å². The smallest absolute Gasteiger partial charge is 0.410 e. The first-order valence-electron chi connectivity index (χ1n) is 24.3. The number of aliphatic hydroxyl groups excluding tert-OH is 2. The van der Waals surface area contributed by atoms with Crippen molar-refractivity contribution in [3.8, 4) is 28.4 Å². The Balaban J connectivity index is 1.22. The Labute approximate surface area is 405 Å². The fourth-order valence-corrected chi connectivity index (χ4v) is 11.0. The van der Waals surface area contributed by atoms with Crippen LogP contribution in [0.1, 0.15) is 67.6 Å². The fourth-order valence-electron chi connectivity index (χ4n) is 11.0. The second kappa shape index (κ2) is 22.1. The van der Waals surface area contributed by atoms with Crippen molar-refractivity contribution in [1.29, 1.82) is 0 Å². The molecule has 0 aromatic heterocycles. The van der Waals surface area contributed by atoms with Gasteiger partial charge in [0, 0.05) is 31.1 Å². The molecule has 6 aromatic rings. The summed E-state index contributed by atoms with van der Waals surface area (Å²) in [7, 11) is 1.41. The molecule has 69 heavy (non-hydrogen) atoms. The number of unbranched alkanes of at least 4 members (excludes halogenated alkanes) is 2. The van der Waals surface area contributed by atoms with Gasteiger partial charge in [-0.2, -0.15) is 0 Å². The molecule has 2 aliphatic carbocycles. The predicted molar refractivity (Wildman–Crippen MR) is 270 cm³/mol. The number of ether oxygens (including phenoxy) is 4. The van der Waals surface area contributed by atoms with Gasteiger partial charge in [0.25, 0.3) is 0 Å². The maximum atomic E-state index is 14.6. The molecule has 1 saturated carbocycles. The summed E-state index contributed by atoms with van der Waals surface area (Å²) in [4.78, 5) is 22.7. The number of aliphatic hydroxyl groups is 2. The maximum Gasteiger partial charge on any atom is 0.410 e. The molecule has 9 rings (SSSR count). The number of benzene rings is 6. The number of fused-ring (bicyclic) bond motifs is 3. The van der Waals surface area contributed by atoms with Gasteiger partial charge in [-0.05, 0) is 106 Å². The van der Waals surface area contributed by atoms with Crippen molar-refractivity contribution in [2.45, 2.75) is 75.8 Å². The minimum Gasteiger partial charge on any atom is -0.459 e. The van der Waals surface area contributed by atoms with Gasteiger partial charge in [0.2, 0.25) is 5.79 Å². The summed E-state index contributed by atoms with van der Waals surface area (Å²) in [6, 6.07) is 47.9. The molecule has 2 N–H and O–H groups in total. The van der Waals surface area contributed by atoms with Crippen LogP contribution in [0.3, 0.4) is 0 Å². The Hall–Kier alpha value is -6.72. The van der Waals surface area contributed by atoms with Gasteiger partial charge in [-0.15, -0.1) is 6.58 Å². The van der Waals surface area contributed by atoms with Crippen LogP contribution in [0, 0.1) is 17.8 Å². The van der Waals surface area contributed by atoms with Gasteiger partial charge in [0.1, 0.15) is 29.9 Å². The van der Waals surface area contributed by atoms with Gasteiger partial charge < -0.3 is 34.0 Å². The maximum absolute atomic E-state index is 14.6. The van der Waals surface area contributed by atoms with Crippen molar-refractivity contribution in [3.05, 3.63) is 187 Å².